The maximum Gasteiger partial charge on any atom is 0.387 e. The molecule has 1 aliphatic rings. The molecule has 0 radical (unpaired) electrons. The molecule has 1 amide bonds. The van der Waals surface area contributed by atoms with Crippen LogP contribution in [-0.4, -0.2) is 25.8 Å². The van der Waals surface area contributed by atoms with E-state index in [1.54, 1.807) is 6.07 Å². The summed E-state index contributed by atoms with van der Waals surface area (Å²) in [6.45, 7) is -0.714. The Kier molecular flexibility index (Phi) is 6.05. The van der Waals surface area contributed by atoms with Gasteiger partial charge in [-0.2, -0.15) is 13.9 Å². The molecule has 1 aromatic heterocycles. The van der Waals surface area contributed by atoms with Gasteiger partial charge in [0.25, 0.3) is 5.91 Å². The lowest BCUT2D eigenvalue weighted by molar-refractivity contribution is -0.0512. The molecule has 8 heteroatoms. The Morgan fingerprint density at radius 2 is 2.19 bits per heavy atom. The number of hydrogen-bond donors (Lipinski definition) is 1. The fourth-order valence-corrected chi connectivity index (χ4v) is 4.09. The molecule has 1 heterocycles. The Morgan fingerprint density at radius 3 is 2.93 bits per heavy atom. The van der Waals surface area contributed by atoms with E-state index in [-0.39, 0.29) is 17.4 Å². The van der Waals surface area contributed by atoms with Crippen LogP contribution < -0.4 is 14.9 Å². The third kappa shape index (κ3) is 4.82. The number of thiophene rings is 1. The number of alkyl halides is 2. The normalized spacial score (nSPS) is 16.4. The second-order valence-corrected chi connectivity index (χ2v) is 7.53. The van der Waals surface area contributed by atoms with Gasteiger partial charge >= 0.3 is 6.61 Å². The van der Waals surface area contributed by atoms with Crippen LogP contribution >= 0.6 is 11.3 Å². The zero-order valence-corrected chi connectivity index (χ0v) is 15.8. The zero-order valence-electron chi connectivity index (χ0n) is 15.0. The molecule has 0 unspecified atom stereocenters. The van der Waals surface area contributed by atoms with E-state index in [4.69, 9.17) is 4.74 Å². The number of nitrogens with zero attached hydrogens (tertiary/aromatic N) is 1. The second kappa shape index (κ2) is 8.47. The summed E-state index contributed by atoms with van der Waals surface area (Å²) in [4.78, 5) is 14.2. The molecule has 27 heavy (non-hydrogen) atoms. The first kappa shape index (κ1) is 19.3. The molecule has 1 aromatic carbocycles. The average molecular weight is 394 g/mol. The number of ether oxygens (including phenoxy) is 2. The van der Waals surface area contributed by atoms with Crippen LogP contribution in [0.2, 0.25) is 0 Å². The van der Waals surface area contributed by atoms with E-state index < -0.39 is 6.61 Å². The number of fused-ring (bicyclic) bond motifs is 1. The van der Waals surface area contributed by atoms with Gasteiger partial charge in [-0.15, -0.1) is 11.3 Å². The number of rotatable bonds is 6. The van der Waals surface area contributed by atoms with Gasteiger partial charge in [0, 0.05) is 4.88 Å². The molecule has 0 spiro atoms. The summed E-state index contributed by atoms with van der Waals surface area (Å²) in [6.07, 6.45) is 4.60. The number of halogens is 2. The van der Waals surface area contributed by atoms with Crippen LogP contribution in [-0.2, 0) is 12.8 Å². The summed E-state index contributed by atoms with van der Waals surface area (Å²) in [5.41, 5.74) is 4.33. The lowest BCUT2D eigenvalue weighted by Crippen LogP contribution is -2.16. The molecule has 0 bridgehead atoms. The molecular formula is C19H20F2N2O3S. The van der Waals surface area contributed by atoms with Gasteiger partial charge in [-0.25, -0.2) is 5.43 Å². The SMILES string of the molecule is COc1cc(/C=N\NC(=O)c2cc3c(s2)CC[C@@H](C)C3)ccc1OC(F)F. The van der Waals surface area contributed by atoms with Gasteiger partial charge in [0.2, 0.25) is 0 Å². The quantitative estimate of drug-likeness (QED) is 0.589. The number of carbonyl (C=O) groups is 1. The molecule has 0 fully saturated rings. The van der Waals surface area contributed by atoms with Gasteiger partial charge in [0.15, 0.2) is 11.5 Å². The van der Waals surface area contributed by atoms with E-state index >= 15 is 0 Å². The van der Waals surface area contributed by atoms with Crippen molar-refractivity contribution < 1.29 is 23.0 Å². The molecule has 144 valence electrons. The van der Waals surface area contributed by atoms with Gasteiger partial charge in [0.05, 0.1) is 18.2 Å². The number of hydrazone groups is 1. The molecule has 5 nitrogen and oxygen atoms in total. The van der Waals surface area contributed by atoms with Crippen LogP contribution in [0.1, 0.15) is 39.0 Å². The molecule has 2 aromatic rings. The topological polar surface area (TPSA) is 59.9 Å². The second-order valence-electron chi connectivity index (χ2n) is 6.39. The number of nitrogens with one attached hydrogen (secondary N) is 1. The molecule has 0 saturated carbocycles. The molecular weight excluding hydrogens is 374 g/mol. The average Bonchev–Trinajstić information content (AvgIpc) is 3.05. The number of methoxy groups -OCH3 is 1. The van der Waals surface area contributed by atoms with Crippen LogP contribution in [0.15, 0.2) is 29.4 Å². The highest BCUT2D eigenvalue weighted by Crippen LogP contribution is 2.32. The van der Waals surface area contributed by atoms with E-state index in [1.165, 1.54) is 47.2 Å². The molecule has 0 aliphatic heterocycles. The minimum atomic E-state index is -2.93. The maximum absolute atomic E-state index is 12.3. The lowest BCUT2D eigenvalue weighted by Gasteiger charge is -2.16. The minimum absolute atomic E-state index is 0.0629. The monoisotopic (exact) mass is 394 g/mol. The van der Waals surface area contributed by atoms with Gasteiger partial charge in [-0.05, 0) is 60.6 Å². The summed E-state index contributed by atoms with van der Waals surface area (Å²) >= 11 is 1.51. The van der Waals surface area contributed by atoms with Crippen molar-refractivity contribution in [2.24, 2.45) is 11.0 Å². The number of carbonyl (C=O) groups excluding carboxylic acids is 1. The fraction of sp³-hybridized carbons (Fsp3) is 0.368. The van der Waals surface area contributed by atoms with Crippen molar-refractivity contribution >= 4 is 23.5 Å². The third-order valence-electron chi connectivity index (χ3n) is 4.34. The Labute approximate surface area is 160 Å². The van der Waals surface area contributed by atoms with Gasteiger partial charge < -0.3 is 9.47 Å². The predicted molar refractivity (Wildman–Crippen MR) is 100 cm³/mol. The Balaban J connectivity index is 1.64. The van der Waals surface area contributed by atoms with Crippen LogP contribution in [0, 0.1) is 5.92 Å². The minimum Gasteiger partial charge on any atom is -0.493 e. The zero-order chi connectivity index (χ0) is 19.4. The predicted octanol–water partition coefficient (Wildman–Crippen LogP) is 4.25. The highest BCUT2D eigenvalue weighted by atomic mass is 32.1. The first-order chi connectivity index (χ1) is 13.0. The third-order valence-corrected chi connectivity index (χ3v) is 5.57. The van der Waals surface area contributed by atoms with Crippen LogP contribution in [0.4, 0.5) is 8.78 Å². The van der Waals surface area contributed by atoms with Gasteiger partial charge in [0.1, 0.15) is 0 Å². The van der Waals surface area contributed by atoms with Crippen molar-refractivity contribution in [1.82, 2.24) is 5.43 Å². The first-order valence-electron chi connectivity index (χ1n) is 8.54. The van der Waals surface area contributed by atoms with Crippen LogP contribution in [0.5, 0.6) is 11.5 Å². The number of hydrogen-bond acceptors (Lipinski definition) is 5. The van der Waals surface area contributed by atoms with E-state index in [1.807, 2.05) is 6.07 Å². The van der Waals surface area contributed by atoms with E-state index in [2.05, 4.69) is 22.2 Å². The summed E-state index contributed by atoms with van der Waals surface area (Å²) in [7, 11) is 1.36. The van der Waals surface area contributed by atoms with Crippen molar-refractivity contribution in [2.75, 3.05) is 7.11 Å². The summed E-state index contributed by atoms with van der Waals surface area (Å²) < 4.78 is 34.1. The highest BCUT2D eigenvalue weighted by Gasteiger charge is 2.20. The molecule has 1 atom stereocenters. The van der Waals surface area contributed by atoms with Crippen molar-refractivity contribution in [1.29, 1.82) is 0 Å². The summed E-state index contributed by atoms with van der Waals surface area (Å²) in [5, 5.41) is 3.94. The molecule has 1 N–H and O–H groups in total. The van der Waals surface area contributed by atoms with Crippen molar-refractivity contribution in [2.45, 2.75) is 32.8 Å². The number of amides is 1. The van der Waals surface area contributed by atoms with E-state index in [0.29, 0.717) is 16.4 Å². The smallest absolute Gasteiger partial charge is 0.387 e. The number of benzene rings is 1. The molecule has 1 aliphatic carbocycles. The highest BCUT2D eigenvalue weighted by molar-refractivity contribution is 7.14. The molecule has 0 saturated heterocycles. The van der Waals surface area contributed by atoms with Gasteiger partial charge in [-0.1, -0.05) is 6.92 Å². The van der Waals surface area contributed by atoms with Crippen LogP contribution in [0.25, 0.3) is 0 Å². The van der Waals surface area contributed by atoms with Crippen molar-refractivity contribution in [3.8, 4) is 11.5 Å². The van der Waals surface area contributed by atoms with Crippen molar-refractivity contribution in [3.05, 3.63) is 45.1 Å². The standard InChI is InChI=1S/C19H20F2N2O3S/c1-11-3-6-16-13(7-11)9-17(27-16)18(24)23-22-10-12-4-5-14(26-19(20)21)15(8-12)25-2/h4-5,8-11,19H,3,6-7H2,1-2H3,(H,23,24)/b22-10-/t11-/m1/s1. The largest absolute Gasteiger partial charge is 0.493 e. The Bertz CT molecular complexity index is 851. The first-order valence-corrected chi connectivity index (χ1v) is 9.35. The fourth-order valence-electron chi connectivity index (χ4n) is 3.00. The lowest BCUT2D eigenvalue weighted by atomic mass is 9.90. The Hall–Kier alpha value is -2.48. The number of aryl methyl sites for hydroxylation is 1. The maximum atomic E-state index is 12.3. The Morgan fingerprint density at radius 1 is 1.37 bits per heavy atom. The van der Waals surface area contributed by atoms with E-state index in [0.717, 1.165) is 19.3 Å². The molecule has 3 rings (SSSR count). The van der Waals surface area contributed by atoms with Crippen molar-refractivity contribution in [3.63, 3.8) is 0 Å². The van der Waals surface area contributed by atoms with Crippen LogP contribution in [0.3, 0.4) is 0 Å². The summed E-state index contributed by atoms with van der Waals surface area (Å²) in [6, 6.07) is 6.35. The van der Waals surface area contributed by atoms with Gasteiger partial charge in [-0.3, -0.25) is 4.79 Å². The van der Waals surface area contributed by atoms with E-state index in [9.17, 15) is 13.6 Å². The summed E-state index contributed by atoms with van der Waals surface area (Å²) in [5.74, 6) is 0.480.